The monoisotopic (exact) mass is 471 g/mol. The fourth-order valence-electron chi connectivity index (χ4n) is 5.63. The lowest BCUT2D eigenvalue weighted by Crippen LogP contribution is -2.44. The van der Waals surface area contributed by atoms with E-state index in [1.54, 1.807) is 6.20 Å². The van der Waals surface area contributed by atoms with E-state index in [4.69, 9.17) is 14.7 Å². The maximum atomic E-state index is 5.56. The first-order chi connectivity index (χ1) is 17.1. The molecular formula is C27H33N7O. The van der Waals surface area contributed by atoms with Crippen LogP contribution in [-0.2, 0) is 4.74 Å². The number of fused-ring (bicyclic) bond motifs is 2. The molecule has 1 aromatic carbocycles. The van der Waals surface area contributed by atoms with E-state index in [0.717, 1.165) is 68.6 Å². The minimum atomic E-state index is 0.588. The number of anilines is 4. The second-order valence-electron chi connectivity index (χ2n) is 9.89. The molecule has 0 spiro atoms. The van der Waals surface area contributed by atoms with Crippen LogP contribution in [0.2, 0.25) is 0 Å². The molecule has 8 nitrogen and oxygen atoms in total. The summed E-state index contributed by atoms with van der Waals surface area (Å²) in [6, 6.07) is 14.0. The molecule has 3 fully saturated rings. The van der Waals surface area contributed by atoms with Crippen molar-refractivity contribution in [3.63, 3.8) is 0 Å². The Balaban J connectivity index is 1.15. The van der Waals surface area contributed by atoms with Gasteiger partial charge in [-0.2, -0.15) is 0 Å². The molecule has 1 N–H and O–H groups in total. The number of rotatable bonds is 5. The van der Waals surface area contributed by atoms with Gasteiger partial charge in [0.15, 0.2) is 0 Å². The van der Waals surface area contributed by atoms with E-state index in [-0.39, 0.29) is 0 Å². The van der Waals surface area contributed by atoms with Crippen molar-refractivity contribution in [2.75, 3.05) is 61.6 Å². The van der Waals surface area contributed by atoms with Gasteiger partial charge in [0.05, 0.1) is 12.3 Å². The molecule has 3 aromatic rings. The lowest BCUT2D eigenvalue weighted by atomic mass is 10.1. The number of aryl methyl sites for hydroxylation is 1. The molecule has 0 radical (unpaired) electrons. The normalized spacial score (nSPS) is 22.5. The van der Waals surface area contributed by atoms with Gasteiger partial charge >= 0.3 is 0 Å². The number of likely N-dealkylation sites (N-methyl/N-ethyl adjacent to an activating group) is 1. The second kappa shape index (κ2) is 9.43. The van der Waals surface area contributed by atoms with Gasteiger partial charge in [-0.3, -0.25) is 4.90 Å². The summed E-state index contributed by atoms with van der Waals surface area (Å²) in [6.45, 7) is 7.90. The van der Waals surface area contributed by atoms with Crippen LogP contribution in [0.5, 0.6) is 0 Å². The molecule has 3 aliphatic heterocycles. The van der Waals surface area contributed by atoms with Crippen molar-refractivity contribution in [3.05, 3.63) is 54.4 Å². The molecule has 0 aliphatic carbocycles. The van der Waals surface area contributed by atoms with Crippen LogP contribution in [0.25, 0.3) is 11.3 Å². The van der Waals surface area contributed by atoms with E-state index >= 15 is 0 Å². The summed E-state index contributed by atoms with van der Waals surface area (Å²) in [5.74, 6) is 1.57. The highest BCUT2D eigenvalue weighted by molar-refractivity contribution is 5.66. The molecule has 3 saturated heterocycles. The highest BCUT2D eigenvalue weighted by Crippen LogP contribution is 2.36. The first kappa shape index (κ1) is 22.2. The van der Waals surface area contributed by atoms with Crippen molar-refractivity contribution in [3.8, 4) is 11.3 Å². The van der Waals surface area contributed by atoms with E-state index in [2.05, 4.69) is 69.3 Å². The van der Waals surface area contributed by atoms with Crippen LogP contribution in [0.1, 0.15) is 18.4 Å². The number of hydrogen-bond donors (Lipinski definition) is 1. The third-order valence-corrected chi connectivity index (χ3v) is 7.52. The molecule has 0 saturated carbocycles. The van der Waals surface area contributed by atoms with Gasteiger partial charge in [0.25, 0.3) is 0 Å². The van der Waals surface area contributed by atoms with Crippen LogP contribution < -0.4 is 15.1 Å². The predicted octanol–water partition coefficient (Wildman–Crippen LogP) is 3.71. The van der Waals surface area contributed by atoms with Crippen molar-refractivity contribution in [2.45, 2.75) is 31.8 Å². The summed E-state index contributed by atoms with van der Waals surface area (Å²) in [7, 11) is 2.24. The molecule has 2 bridgehead atoms. The quantitative estimate of drug-likeness (QED) is 0.604. The van der Waals surface area contributed by atoms with Crippen LogP contribution >= 0.6 is 0 Å². The van der Waals surface area contributed by atoms with E-state index in [1.165, 1.54) is 17.7 Å². The van der Waals surface area contributed by atoms with Crippen molar-refractivity contribution in [2.24, 2.45) is 0 Å². The van der Waals surface area contributed by atoms with Gasteiger partial charge in [-0.25, -0.2) is 15.0 Å². The summed E-state index contributed by atoms with van der Waals surface area (Å²) in [5, 5.41) is 3.39. The Morgan fingerprint density at radius 2 is 1.94 bits per heavy atom. The largest absolute Gasteiger partial charge is 0.380 e. The zero-order valence-corrected chi connectivity index (χ0v) is 20.5. The Bertz CT molecular complexity index is 1170. The van der Waals surface area contributed by atoms with Gasteiger partial charge in [0.1, 0.15) is 5.82 Å². The van der Waals surface area contributed by atoms with Crippen molar-refractivity contribution in [1.82, 2.24) is 19.9 Å². The van der Waals surface area contributed by atoms with Gasteiger partial charge in [-0.15, -0.1) is 0 Å². The fraction of sp³-hybridized carbons (Fsp3) is 0.444. The summed E-state index contributed by atoms with van der Waals surface area (Å²) >= 11 is 0. The Hall–Kier alpha value is -3.23. The first-order valence-corrected chi connectivity index (χ1v) is 12.6. The van der Waals surface area contributed by atoms with Crippen LogP contribution in [0.4, 0.5) is 23.1 Å². The number of pyridine rings is 1. The highest BCUT2D eigenvalue weighted by Gasteiger charge is 2.41. The van der Waals surface area contributed by atoms with Gasteiger partial charge in [0.2, 0.25) is 5.95 Å². The van der Waals surface area contributed by atoms with Crippen LogP contribution in [-0.4, -0.2) is 78.4 Å². The molecule has 3 aliphatic rings. The summed E-state index contributed by atoms with van der Waals surface area (Å²) in [6.07, 6.45) is 6.00. The summed E-state index contributed by atoms with van der Waals surface area (Å²) in [4.78, 5) is 21.2. The summed E-state index contributed by atoms with van der Waals surface area (Å²) < 4.78 is 5.56. The highest BCUT2D eigenvalue weighted by atomic mass is 16.5. The van der Waals surface area contributed by atoms with Gasteiger partial charge in [0, 0.05) is 74.2 Å². The number of benzene rings is 1. The average Bonchev–Trinajstić information content (AvgIpc) is 3.32. The lowest BCUT2D eigenvalue weighted by Gasteiger charge is -2.34. The lowest BCUT2D eigenvalue weighted by molar-refractivity contribution is 0.152. The van der Waals surface area contributed by atoms with E-state index in [9.17, 15) is 0 Å². The van der Waals surface area contributed by atoms with E-state index in [1.807, 2.05) is 12.3 Å². The molecular weight excluding hydrogens is 438 g/mol. The first-order valence-electron chi connectivity index (χ1n) is 12.6. The number of ether oxygens (including phenoxy) is 1. The van der Waals surface area contributed by atoms with Gasteiger partial charge < -0.3 is 19.9 Å². The number of nitrogens with zero attached hydrogens (tertiary/aromatic N) is 6. The molecule has 6 rings (SSSR count). The molecule has 0 amide bonds. The van der Waals surface area contributed by atoms with Gasteiger partial charge in [-0.1, -0.05) is 0 Å². The SMILES string of the molecule is Cc1cc(Nc2nccc(-c3ccc(N4CCCOCC4)nc3)n2)ccc1N1CC2CC1CN2C. The predicted molar refractivity (Wildman–Crippen MR) is 140 cm³/mol. The zero-order chi connectivity index (χ0) is 23.8. The van der Waals surface area contributed by atoms with Gasteiger partial charge in [-0.05, 0) is 68.8 Å². The molecule has 2 atom stereocenters. The second-order valence-corrected chi connectivity index (χ2v) is 9.89. The number of piperazine rings is 1. The Kier molecular flexibility index (Phi) is 6.00. The maximum absolute atomic E-state index is 5.56. The zero-order valence-electron chi connectivity index (χ0n) is 20.5. The molecule has 182 valence electrons. The minimum Gasteiger partial charge on any atom is -0.380 e. The van der Waals surface area contributed by atoms with E-state index in [0.29, 0.717) is 18.0 Å². The van der Waals surface area contributed by atoms with Crippen LogP contribution in [0, 0.1) is 6.92 Å². The smallest absolute Gasteiger partial charge is 0.227 e. The standard InChI is InChI=1S/C27H33N7O/c1-19-14-21(5-6-25(19)34-18-22-15-23(34)17-32(22)2)30-27-28-9-8-24(31-27)20-4-7-26(29-16-20)33-10-3-12-35-13-11-33/h4-9,14,16,22-23H,3,10-13,15,17-18H2,1-2H3,(H,28,30,31). The number of nitrogens with one attached hydrogen (secondary N) is 1. The Morgan fingerprint density at radius 1 is 1.00 bits per heavy atom. The van der Waals surface area contributed by atoms with Crippen molar-refractivity contribution >= 4 is 23.1 Å². The number of hydrogen-bond acceptors (Lipinski definition) is 8. The van der Waals surface area contributed by atoms with Crippen molar-refractivity contribution < 1.29 is 4.74 Å². The van der Waals surface area contributed by atoms with Crippen molar-refractivity contribution in [1.29, 1.82) is 0 Å². The average molecular weight is 472 g/mol. The Labute approximate surface area is 207 Å². The molecule has 2 aromatic heterocycles. The topological polar surface area (TPSA) is 69.6 Å². The third-order valence-electron chi connectivity index (χ3n) is 7.52. The van der Waals surface area contributed by atoms with Crippen LogP contribution in [0.15, 0.2) is 48.8 Å². The maximum Gasteiger partial charge on any atom is 0.227 e. The molecule has 5 heterocycles. The molecule has 8 heteroatoms. The Morgan fingerprint density at radius 3 is 2.71 bits per heavy atom. The molecule has 35 heavy (non-hydrogen) atoms. The summed E-state index contributed by atoms with van der Waals surface area (Å²) in [5.41, 5.74) is 5.45. The minimum absolute atomic E-state index is 0.588. The number of aromatic nitrogens is 3. The fourth-order valence-corrected chi connectivity index (χ4v) is 5.63. The van der Waals surface area contributed by atoms with E-state index < -0.39 is 0 Å². The van der Waals surface area contributed by atoms with Crippen LogP contribution in [0.3, 0.4) is 0 Å². The third kappa shape index (κ3) is 4.56. The molecule has 2 unspecified atom stereocenters. The number of likely N-dealkylation sites (tertiary alicyclic amines) is 1.